The van der Waals surface area contributed by atoms with Crippen molar-refractivity contribution >= 4 is 34.0 Å². The number of β-lactam (4-membered cyclic amide) rings is 1. The first kappa shape index (κ1) is 17.3. The van der Waals surface area contributed by atoms with E-state index in [1.54, 1.807) is 0 Å². The van der Waals surface area contributed by atoms with Crippen LogP contribution in [0.4, 0.5) is 0 Å². The third-order valence-corrected chi connectivity index (χ3v) is 5.50. The Kier molecular flexibility index (Phi) is 4.85. The van der Waals surface area contributed by atoms with Crippen LogP contribution in [0.5, 0.6) is 0 Å². The number of carboxylic acid groups (broad SMARTS) is 1. The van der Waals surface area contributed by atoms with Crippen molar-refractivity contribution in [1.29, 1.82) is 0 Å². The average Bonchev–Trinajstić information content (AvgIpc) is 2.68. The smallest absolute Gasteiger partial charge is 0.397 e. The van der Waals surface area contributed by atoms with Crippen LogP contribution in [0.2, 0.25) is 0 Å². The maximum Gasteiger partial charge on any atom is 0.397 e. The van der Waals surface area contributed by atoms with Gasteiger partial charge in [-0.25, -0.2) is 8.98 Å². The van der Waals surface area contributed by atoms with Crippen LogP contribution in [-0.4, -0.2) is 52.8 Å². The Hall–Kier alpha value is -1.10. The summed E-state index contributed by atoms with van der Waals surface area (Å²) in [7, 11) is -4.66. The van der Waals surface area contributed by atoms with E-state index in [9.17, 15) is 23.1 Å². The van der Waals surface area contributed by atoms with Crippen LogP contribution >= 0.6 is 11.8 Å². The fraction of sp³-hybridized carbons (Fsp3) is 0.667. The molecule has 0 aliphatic carbocycles. The summed E-state index contributed by atoms with van der Waals surface area (Å²) >= 11 is 1.39. The zero-order valence-electron chi connectivity index (χ0n) is 12.1. The minimum absolute atomic E-state index is 0.0243. The van der Waals surface area contributed by atoms with E-state index in [0.29, 0.717) is 11.3 Å². The standard InChI is InChI=1S/C12H17NO7S2/c1-3-4-21-8-5-7-9(6(2)20-22(17,18)19)11(14)13(7)10(8)12(15)16/h6-7,9H,3-5H2,1-2H3,(H,15,16)(H,17,18,19)/t6-,7+,9-/m0/s1. The molecule has 0 spiro atoms. The molecular weight excluding hydrogens is 334 g/mol. The number of fused-ring (bicyclic) bond motifs is 1. The third kappa shape index (κ3) is 3.14. The van der Waals surface area contributed by atoms with Gasteiger partial charge in [-0.2, -0.15) is 8.42 Å². The van der Waals surface area contributed by atoms with Gasteiger partial charge in [0.25, 0.3) is 0 Å². The van der Waals surface area contributed by atoms with Crippen LogP contribution in [0.1, 0.15) is 26.7 Å². The van der Waals surface area contributed by atoms with E-state index >= 15 is 0 Å². The molecule has 0 radical (unpaired) electrons. The van der Waals surface area contributed by atoms with E-state index in [1.165, 1.54) is 23.6 Å². The molecule has 1 fully saturated rings. The molecule has 0 unspecified atom stereocenters. The number of nitrogens with zero attached hydrogens (tertiary/aromatic N) is 1. The summed E-state index contributed by atoms with van der Waals surface area (Å²) in [5.74, 6) is -1.71. The van der Waals surface area contributed by atoms with E-state index in [1.807, 2.05) is 6.92 Å². The van der Waals surface area contributed by atoms with Crippen LogP contribution in [0.15, 0.2) is 10.6 Å². The third-order valence-electron chi connectivity index (χ3n) is 3.63. The first-order valence-electron chi connectivity index (χ1n) is 6.75. The molecule has 2 heterocycles. The lowest BCUT2D eigenvalue weighted by molar-refractivity contribution is -0.160. The molecule has 2 rings (SSSR count). The molecule has 8 nitrogen and oxygen atoms in total. The highest BCUT2D eigenvalue weighted by Gasteiger charge is 2.57. The topological polar surface area (TPSA) is 121 Å². The number of amides is 1. The molecule has 0 aromatic heterocycles. The number of carboxylic acids is 1. The van der Waals surface area contributed by atoms with Crippen molar-refractivity contribution in [3.63, 3.8) is 0 Å². The molecule has 3 atom stereocenters. The van der Waals surface area contributed by atoms with E-state index in [2.05, 4.69) is 4.18 Å². The summed E-state index contributed by atoms with van der Waals surface area (Å²) in [6.07, 6.45) is 0.182. The molecule has 22 heavy (non-hydrogen) atoms. The number of hydrogen-bond donors (Lipinski definition) is 2. The second-order valence-electron chi connectivity index (χ2n) is 5.16. The van der Waals surface area contributed by atoms with Gasteiger partial charge in [0.2, 0.25) is 5.91 Å². The number of thioether (sulfide) groups is 1. The van der Waals surface area contributed by atoms with Gasteiger partial charge in [-0.3, -0.25) is 9.35 Å². The molecule has 124 valence electrons. The Bertz CT molecular complexity index is 627. The Morgan fingerprint density at radius 3 is 2.68 bits per heavy atom. The van der Waals surface area contributed by atoms with Crippen molar-refractivity contribution in [2.75, 3.05) is 5.75 Å². The fourth-order valence-corrected chi connectivity index (χ4v) is 4.39. The van der Waals surface area contributed by atoms with Gasteiger partial charge in [0.1, 0.15) is 5.70 Å². The van der Waals surface area contributed by atoms with Gasteiger partial charge >= 0.3 is 16.4 Å². The number of hydrogen-bond acceptors (Lipinski definition) is 6. The molecule has 0 bridgehead atoms. The van der Waals surface area contributed by atoms with Crippen molar-refractivity contribution in [1.82, 2.24) is 4.90 Å². The van der Waals surface area contributed by atoms with Crippen LogP contribution in [0.25, 0.3) is 0 Å². The first-order valence-corrected chi connectivity index (χ1v) is 9.10. The molecule has 1 amide bonds. The van der Waals surface area contributed by atoms with Crippen LogP contribution in [0.3, 0.4) is 0 Å². The van der Waals surface area contributed by atoms with Crippen LogP contribution in [-0.2, 0) is 24.2 Å². The van der Waals surface area contributed by atoms with Crippen molar-refractivity contribution in [2.24, 2.45) is 5.92 Å². The predicted molar refractivity (Wildman–Crippen MR) is 78.2 cm³/mol. The number of aliphatic carboxylic acids is 1. The Morgan fingerprint density at radius 2 is 2.18 bits per heavy atom. The molecular formula is C12H17NO7S2. The quantitative estimate of drug-likeness (QED) is 0.512. The number of carbonyl (C=O) groups is 2. The second-order valence-corrected chi connectivity index (χ2v) is 7.40. The summed E-state index contributed by atoms with van der Waals surface area (Å²) < 4.78 is 34.7. The lowest BCUT2D eigenvalue weighted by Crippen LogP contribution is -2.62. The highest BCUT2D eigenvalue weighted by atomic mass is 32.3. The second kappa shape index (κ2) is 6.19. The molecule has 2 N–H and O–H groups in total. The van der Waals surface area contributed by atoms with E-state index in [-0.39, 0.29) is 5.70 Å². The maximum absolute atomic E-state index is 12.2. The monoisotopic (exact) mass is 351 g/mol. The molecule has 10 heteroatoms. The van der Waals surface area contributed by atoms with Crippen LogP contribution < -0.4 is 0 Å². The summed E-state index contributed by atoms with van der Waals surface area (Å²) in [6, 6.07) is -0.435. The van der Waals surface area contributed by atoms with Crippen LogP contribution in [0, 0.1) is 5.92 Å². The van der Waals surface area contributed by atoms with E-state index < -0.39 is 40.3 Å². The lowest BCUT2D eigenvalue weighted by atomic mass is 9.83. The minimum atomic E-state index is -4.66. The van der Waals surface area contributed by atoms with Gasteiger partial charge in [0.05, 0.1) is 18.1 Å². The molecule has 0 saturated carbocycles. The SMILES string of the molecule is CCCSC1=C(C(=O)O)N2C(=O)[C@@H]([C@H](C)OS(=O)(=O)O)[C@H]2C1. The molecule has 2 aliphatic heterocycles. The number of rotatable bonds is 7. The molecule has 2 aliphatic rings. The van der Waals surface area contributed by atoms with Gasteiger partial charge in [0.15, 0.2) is 0 Å². The first-order chi connectivity index (χ1) is 10.2. The Labute approximate surface area is 132 Å². The molecule has 1 saturated heterocycles. The van der Waals surface area contributed by atoms with Gasteiger partial charge in [-0.05, 0) is 19.1 Å². The molecule has 0 aromatic rings. The van der Waals surface area contributed by atoms with Crippen molar-refractivity contribution in [2.45, 2.75) is 38.8 Å². The summed E-state index contributed by atoms with van der Waals surface area (Å²) in [4.78, 5) is 25.4. The normalized spacial score (nSPS) is 26.0. The predicted octanol–water partition coefficient (Wildman–Crippen LogP) is 0.864. The average molecular weight is 351 g/mol. The zero-order chi connectivity index (χ0) is 16.7. The van der Waals surface area contributed by atoms with Crippen molar-refractivity contribution in [3.05, 3.63) is 10.6 Å². The zero-order valence-corrected chi connectivity index (χ0v) is 13.7. The highest BCUT2D eigenvalue weighted by molar-refractivity contribution is 8.03. The summed E-state index contributed by atoms with van der Waals surface area (Å²) in [5.41, 5.74) is -0.0243. The Balaban J connectivity index is 2.17. The summed E-state index contributed by atoms with van der Waals surface area (Å²) in [6.45, 7) is 3.33. The van der Waals surface area contributed by atoms with Crippen molar-refractivity contribution in [3.8, 4) is 0 Å². The van der Waals surface area contributed by atoms with E-state index in [0.717, 1.165) is 12.2 Å². The van der Waals surface area contributed by atoms with Gasteiger partial charge < -0.3 is 10.0 Å². The van der Waals surface area contributed by atoms with Gasteiger partial charge in [0, 0.05) is 11.3 Å². The largest absolute Gasteiger partial charge is 0.477 e. The maximum atomic E-state index is 12.2. The Morgan fingerprint density at radius 1 is 1.55 bits per heavy atom. The van der Waals surface area contributed by atoms with E-state index in [4.69, 9.17) is 4.55 Å². The van der Waals surface area contributed by atoms with Crippen molar-refractivity contribution < 1.29 is 31.8 Å². The van der Waals surface area contributed by atoms with Gasteiger partial charge in [-0.15, -0.1) is 11.8 Å². The number of carbonyl (C=O) groups excluding carboxylic acids is 1. The molecule has 0 aromatic carbocycles. The lowest BCUT2D eigenvalue weighted by Gasteiger charge is -2.45. The summed E-state index contributed by atoms with van der Waals surface area (Å²) in [5, 5.41) is 9.30. The fourth-order valence-electron chi connectivity index (χ4n) is 2.82. The van der Waals surface area contributed by atoms with Gasteiger partial charge in [-0.1, -0.05) is 6.92 Å². The highest BCUT2D eigenvalue weighted by Crippen LogP contribution is 2.47. The minimum Gasteiger partial charge on any atom is -0.477 e.